The Hall–Kier alpha value is -2.50. The molecule has 0 atom stereocenters. The maximum Gasteiger partial charge on any atom is 0.212 e. The van der Waals surface area contributed by atoms with Crippen molar-refractivity contribution in [2.45, 2.75) is 11.3 Å². The molecular formula is C20H16ClN3OS. The van der Waals surface area contributed by atoms with Crippen LogP contribution in [-0.4, -0.2) is 22.1 Å². The van der Waals surface area contributed by atoms with Crippen LogP contribution in [-0.2, 0) is 0 Å². The van der Waals surface area contributed by atoms with Gasteiger partial charge in [0.05, 0.1) is 12.8 Å². The van der Waals surface area contributed by atoms with E-state index in [0.29, 0.717) is 5.88 Å². The Morgan fingerprint density at radius 2 is 2.12 bits per heavy atom. The van der Waals surface area contributed by atoms with E-state index < -0.39 is 0 Å². The van der Waals surface area contributed by atoms with Gasteiger partial charge in [0.2, 0.25) is 5.88 Å². The third-order valence-electron chi connectivity index (χ3n) is 4.01. The average molecular weight is 382 g/mol. The number of pyridine rings is 2. The predicted octanol–water partition coefficient (Wildman–Crippen LogP) is 5.69. The van der Waals surface area contributed by atoms with Crippen LogP contribution in [0.5, 0.6) is 5.88 Å². The van der Waals surface area contributed by atoms with Gasteiger partial charge in [-0.3, -0.25) is 0 Å². The van der Waals surface area contributed by atoms with Crippen molar-refractivity contribution in [1.82, 2.24) is 15.0 Å². The van der Waals surface area contributed by atoms with Crippen LogP contribution in [0.2, 0.25) is 0 Å². The molecule has 1 aliphatic rings. The van der Waals surface area contributed by atoms with Crippen LogP contribution in [0, 0.1) is 0 Å². The SMILES string of the molecule is COc1ccc(-c2[nH]c3ncccc3c2SC2=CC=C(Cl)C=CC2)cn1. The molecule has 130 valence electrons. The molecule has 0 spiro atoms. The third-order valence-corrected chi connectivity index (χ3v) is 5.46. The Bertz CT molecular complexity index is 1030. The van der Waals surface area contributed by atoms with Crippen LogP contribution >= 0.6 is 23.4 Å². The average Bonchev–Trinajstić information content (AvgIpc) is 2.91. The number of ether oxygens (including phenoxy) is 1. The normalized spacial score (nSPS) is 14.1. The third kappa shape index (κ3) is 3.41. The molecule has 3 heterocycles. The molecule has 0 saturated carbocycles. The molecule has 1 N–H and O–H groups in total. The van der Waals surface area contributed by atoms with E-state index in [1.165, 1.54) is 4.91 Å². The summed E-state index contributed by atoms with van der Waals surface area (Å²) in [7, 11) is 1.61. The number of halogens is 1. The maximum absolute atomic E-state index is 6.10. The minimum Gasteiger partial charge on any atom is -0.481 e. The number of nitrogens with one attached hydrogen (secondary N) is 1. The lowest BCUT2D eigenvalue weighted by molar-refractivity contribution is 0.398. The zero-order valence-electron chi connectivity index (χ0n) is 14.1. The standard InChI is InChI=1S/C20H16ClN3OS/c1-25-17-10-7-13(12-23-17)18-19(16-6-3-11-22-20(16)24-18)26-15-5-2-4-14(21)8-9-15/h2-4,6-12H,5H2,1H3,(H,22,24). The molecule has 0 fully saturated rings. The molecule has 0 aliphatic heterocycles. The second-order valence-corrected chi connectivity index (χ2v) is 7.28. The van der Waals surface area contributed by atoms with Crippen LogP contribution in [0.15, 0.2) is 75.8 Å². The summed E-state index contributed by atoms with van der Waals surface area (Å²) in [6, 6.07) is 7.89. The van der Waals surface area contributed by atoms with Crippen molar-refractivity contribution in [3.8, 4) is 17.1 Å². The number of aromatic nitrogens is 3. The summed E-state index contributed by atoms with van der Waals surface area (Å²) >= 11 is 7.83. The van der Waals surface area contributed by atoms with Crippen LogP contribution < -0.4 is 4.74 Å². The first-order valence-corrected chi connectivity index (χ1v) is 9.32. The van der Waals surface area contributed by atoms with Gasteiger partial charge in [-0.25, -0.2) is 9.97 Å². The molecule has 4 nitrogen and oxygen atoms in total. The van der Waals surface area contributed by atoms with Gasteiger partial charge in [0, 0.05) is 39.3 Å². The van der Waals surface area contributed by atoms with Gasteiger partial charge in [-0.1, -0.05) is 35.5 Å². The number of allylic oxidation sites excluding steroid dienone is 6. The number of nitrogens with zero attached hydrogens (tertiary/aromatic N) is 2. The highest BCUT2D eigenvalue weighted by atomic mass is 35.5. The smallest absolute Gasteiger partial charge is 0.212 e. The fourth-order valence-corrected chi connectivity index (χ4v) is 4.02. The molecule has 0 amide bonds. The summed E-state index contributed by atoms with van der Waals surface area (Å²) in [5, 5.41) is 1.83. The van der Waals surface area contributed by atoms with E-state index in [0.717, 1.165) is 38.6 Å². The fourth-order valence-electron chi connectivity index (χ4n) is 2.75. The molecule has 26 heavy (non-hydrogen) atoms. The summed E-state index contributed by atoms with van der Waals surface area (Å²) in [5.74, 6) is 0.591. The van der Waals surface area contributed by atoms with Crippen molar-refractivity contribution in [3.63, 3.8) is 0 Å². The number of thioether (sulfide) groups is 1. The summed E-state index contributed by atoms with van der Waals surface area (Å²) < 4.78 is 5.17. The fraction of sp³-hybridized carbons (Fsp3) is 0.100. The highest BCUT2D eigenvalue weighted by Crippen LogP contribution is 2.41. The number of hydrogen-bond donors (Lipinski definition) is 1. The molecule has 0 radical (unpaired) electrons. The molecule has 4 rings (SSSR count). The van der Waals surface area contributed by atoms with Gasteiger partial charge >= 0.3 is 0 Å². The Morgan fingerprint density at radius 3 is 2.92 bits per heavy atom. The lowest BCUT2D eigenvalue weighted by Crippen LogP contribution is -1.88. The predicted molar refractivity (Wildman–Crippen MR) is 108 cm³/mol. The van der Waals surface area contributed by atoms with Crippen molar-refractivity contribution in [2.24, 2.45) is 0 Å². The second-order valence-electron chi connectivity index (χ2n) is 5.71. The molecular weight excluding hydrogens is 366 g/mol. The molecule has 6 heteroatoms. The van der Waals surface area contributed by atoms with Crippen molar-refractivity contribution >= 4 is 34.4 Å². The van der Waals surface area contributed by atoms with E-state index in [4.69, 9.17) is 16.3 Å². The lowest BCUT2D eigenvalue weighted by Gasteiger charge is -2.07. The first kappa shape index (κ1) is 16.9. The maximum atomic E-state index is 6.10. The van der Waals surface area contributed by atoms with Crippen molar-refractivity contribution in [3.05, 3.63) is 70.9 Å². The van der Waals surface area contributed by atoms with Crippen molar-refractivity contribution < 1.29 is 4.74 Å². The molecule has 0 saturated heterocycles. The second kappa shape index (κ2) is 7.40. The van der Waals surface area contributed by atoms with Gasteiger partial charge in [0.1, 0.15) is 5.65 Å². The summed E-state index contributed by atoms with van der Waals surface area (Å²) in [6.45, 7) is 0. The molecule has 0 bridgehead atoms. The Labute approximate surface area is 160 Å². The zero-order valence-corrected chi connectivity index (χ0v) is 15.6. The number of aromatic amines is 1. The minimum atomic E-state index is 0.591. The Balaban J connectivity index is 1.80. The monoisotopic (exact) mass is 381 g/mol. The highest BCUT2D eigenvalue weighted by molar-refractivity contribution is 8.03. The van der Waals surface area contributed by atoms with E-state index in [1.807, 2.05) is 36.5 Å². The van der Waals surface area contributed by atoms with Gasteiger partial charge in [0.15, 0.2) is 0 Å². The van der Waals surface area contributed by atoms with Gasteiger partial charge < -0.3 is 9.72 Å². The quantitative estimate of drug-likeness (QED) is 0.630. The van der Waals surface area contributed by atoms with E-state index in [-0.39, 0.29) is 0 Å². The lowest BCUT2D eigenvalue weighted by atomic mass is 10.2. The highest BCUT2D eigenvalue weighted by Gasteiger charge is 2.16. The Kier molecular flexibility index (Phi) is 4.82. The summed E-state index contributed by atoms with van der Waals surface area (Å²) in [4.78, 5) is 14.6. The zero-order chi connectivity index (χ0) is 17.9. The molecule has 3 aromatic rings. The Morgan fingerprint density at radius 1 is 1.19 bits per heavy atom. The first-order chi connectivity index (χ1) is 12.7. The van der Waals surface area contributed by atoms with Crippen molar-refractivity contribution in [2.75, 3.05) is 7.11 Å². The molecule has 0 aromatic carbocycles. The van der Waals surface area contributed by atoms with Gasteiger partial charge in [-0.15, -0.1) is 0 Å². The van der Waals surface area contributed by atoms with E-state index >= 15 is 0 Å². The minimum absolute atomic E-state index is 0.591. The topological polar surface area (TPSA) is 50.8 Å². The van der Waals surface area contributed by atoms with E-state index in [1.54, 1.807) is 25.1 Å². The number of hydrogen-bond acceptors (Lipinski definition) is 4. The van der Waals surface area contributed by atoms with Gasteiger partial charge in [-0.05, 0) is 41.7 Å². The van der Waals surface area contributed by atoms with Crippen LogP contribution in [0.3, 0.4) is 0 Å². The molecule has 1 aliphatic carbocycles. The number of fused-ring (bicyclic) bond motifs is 1. The van der Waals surface area contributed by atoms with Gasteiger partial charge in [-0.2, -0.15) is 0 Å². The van der Waals surface area contributed by atoms with Crippen molar-refractivity contribution in [1.29, 1.82) is 0 Å². The molecule has 0 unspecified atom stereocenters. The summed E-state index contributed by atoms with van der Waals surface area (Å²) in [5.41, 5.74) is 2.85. The number of rotatable bonds is 4. The largest absolute Gasteiger partial charge is 0.481 e. The summed E-state index contributed by atoms with van der Waals surface area (Å²) in [6.07, 6.45) is 12.4. The van der Waals surface area contributed by atoms with Gasteiger partial charge in [0.25, 0.3) is 0 Å². The van der Waals surface area contributed by atoms with E-state index in [2.05, 4.69) is 33.2 Å². The van der Waals surface area contributed by atoms with Crippen LogP contribution in [0.1, 0.15) is 6.42 Å². The molecule has 3 aromatic heterocycles. The van der Waals surface area contributed by atoms with E-state index in [9.17, 15) is 0 Å². The number of H-pyrrole nitrogens is 1. The number of methoxy groups -OCH3 is 1. The first-order valence-electron chi connectivity index (χ1n) is 8.12. The van der Waals surface area contributed by atoms with Crippen LogP contribution in [0.25, 0.3) is 22.3 Å². The van der Waals surface area contributed by atoms with Crippen LogP contribution in [0.4, 0.5) is 0 Å².